The molecule has 0 saturated carbocycles. The summed E-state index contributed by atoms with van der Waals surface area (Å²) in [5.74, 6) is 1.19. The fraction of sp³-hybridized carbons (Fsp3) is 0.917. The lowest BCUT2D eigenvalue weighted by molar-refractivity contribution is -0.135. The van der Waals surface area contributed by atoms with Gasteiger partial charge in [-0.2, -0.15) is 0 Å². The molecule has 1 unspecified atom stereocenters. The predicted octanol–water partition coefficient (Wildman–Crippen LogP) is 1.62. The molecule has 1 amide bonds. The fourth-order valence-corrected chi connectivity index (χ4v) is 2.06. The first-order valence-corrected chi connectivity index (χ1v) is 6.10. The average molecular weight is 212 g/mol. The SMILES string of the molecule is CCC1CCN(C(=O)C(N)C(C)C)CC1. The van der Waals surface area contributed by atoms with E-state index in [4.69, 9.17) is 5.73 Å². The van der Waals surface area contributed by atoms with Gasteiger partial charge in [0.05, 0.1) is 6.04 Å². The number of rotatable bonds is 3. The highest BCUT2D eigenvalue weighted by molar-refractivity contribution is 5.81. The van der Waals surface area contributed by atoms with E-state index in [0.29, 0.717) is 0 Å². The Labute approximate surface area is 93.0 Å². The van der Waals surface area contributed by atoms with Gasteiger partial charge in [-0.1, -0.05) is 27.2 Å². The Morgan fingerprint density at radius 3 is 2.33 bits per heavy atom. The molecule has 0 radical (unpaired) electrons. The van der Waals surface area contributed by atoms with E-state index in [0.717, 1.165) is 31.8 Å². The van der Waals surface area contributed by atoms with E-state index in [-0.39, 0.29) is 17.9 Å². The van der Waals surface area contributed by atoms with Crippen LogP contribution in [0.2, 0.25) is 0 Å². The molecule has 1 saturated heterocycles. The zero-order valence-electron chi connectivity index (χ0n) is 10.2. The van der Waals surface area contributed by atoms with Gasteiger partial charge in [-0.3, -0.25) is 4.79 Å². The Kier molecular flexibility index (Phi) is 4.58. The van der Waals surface area contributed by atoms with Crippen LogP contribution < -0.4 is 5.73 Å². The Morgan fingerprint density at radius 1 is 1.40 bits per heavy atom. The summed E-state index contributed by atoms with van der Waals surface area (Å²) in [6.45, 7) is 8.03. The molecule has 1 heterocycles. The van der Waals surface area contributed by atoms with Crippen molar-refractivity contribution in [2.24, 2.45) is 17.6 Å². The molecule has 1 fully saturated rings. The molecular weight excluding hydrogens is 188 g/mol. The van der Waals surface area contributed by atoms with E-state index in [1.807, 2.05) is 18.7 Å². The van der Waals surface area contributed by atoms with Gasteiger partial charge < -0.3 is 10.6 Å². The minimum Gasteiger partial charge on any atom is -0.341 e. The Hall–Kier alpha value is -0.570. The minimum atomic E-state index is -0.317. The lowest BCUT2D eigenvalue weighted by atomic mass is 9.93. The third kappa shape index (κ3) is 3.20. The Bertz CT molecular complexity index is 208. The number of amides is 1. The average Bonchev–Trinajstić information content (AvgIpc) is 2.27. The first kappa shape index (κ1) is 12.5. The maximum Gasteiger partial charge on any atom is 0.239 e. The van der Waals surface area contributed by atoms with Crippen molar-refractivity contribution in [2.45, 2.75) is 46.1 Å². The van der Waals surface area contributed by atoms with Gasteiger partial charge in [0.15, 0.2) is 0 Å². The van der Waals surface area contributed by atoms with E-state index < -0.39 is 0 Å². The van der Waals surface area contributed by atoms with Crippen LogP contribution in [0.5, 0.6) is 0 Å². The van der Waals surface area contributed by atoms with Crippen molar-refractivity contribution >= 4 is 5.91 Å². The molecular formula is C12H24N2O. The molecule has 1 rings (SSSR count). The monoisotopic (exact) mass is 212 g/mol. The fourth-order valence-electron chi connectivity index (χ4n) is 2.06. The summed E-state index contributed by atoms with van der Waals surface area (Å²) in [6, 6.07) is -0.317. The molecule has 0 bridgehead atoms. The van der Waals surface area contributed by atoms with Crippen LogP contribution in [-0.4, -0.2) is 29.9 Å². The molecule has 2 N–H and O–H groups in total. The summed E-state index contributed by atoms with van der Waals surface area (Å²) in [5.41, 5.74) is 5.87. The second-order valence-electron chi connectivity index (χ2n) is 4.95. The van der Waals surface area contributed by atoms with Gasteiger partial charge in [-0.25, -0.2) is 0 Å². The van der Waals surface area contributed by atoms with Gasteiger partial charge >= 0.3 is 0 Å². The van der Waals surface area contributed by atoms with Gasteiger partial charge in [0.1, 0.15) is 0 Å². The first-order chi connectivity index (χ1) is 7.06. The smallest absolute Gasteiger partial charge is 0.239 e. The van der Waals surface area contributed by atoms with Gasteiger partial charge in [0, 0.05) is 13.1 Å². The molecule has 1 aliphatic heterocycles. The highest BCUT2D eigenvalue weighted by atomic mass is 16.2. The maximum absolute atomic E-state index is 11.9. The second-order valence-corrected chi connectivity index (χ2v) is 4.95. The largest absolute Gasteiger partial charge is 0.341 e. The third-order valence-electron chi connectivity index (χ3n) is 3.51. The summed E-state index contributed by atoms with van der Waals surface area (Å²) < 4.78 is 0. The first-order valence-electron chi connectivity index (χ1n) is 6.10. The van der Waals surface area contributed by atoms with E-state index in [2.05, 4.69) is 6.92 Å². The Morgan fingerprint density at radius 2 is 1.93 bits per heavy atom. The molecule has 0 aliphatic carbocycles. The lowest BCUT2D eigenvalue weighted by Gasteiger charge is -2.33. The zero-order valence-corrected chi connectivity index (χ0v) is 10.2. The van der Waals surface area contributed by atoms with Crippen LogP contribution in [0.4, 0.5) is 0 Å². The number of carbonyl (C=O) groups is 1. The molecule has 1 aliphatic rings. The molecule has 0 aromatic heterocycles. The summed E-state index contributed by atoms with van der Waals surface area (Å²) in [7, 11) is 0. The maximum atomic E-state index is 11.9. The van der Waals surface area contributed by atoms with Gasteiger partial charge in [-0.05, 0) is 24.7 Å². The molecule has 0 spiro atoms. The second kappa shape index (κ2) is 5.50. The van der Waals surface area contributed by atoms with Crippen molar-refractivity contribution in [3.8, 4) is 0 Å². The molecule has 88 valence electrons. The quantitative estimate of drug-likeness (QED) is 0.772. The summed E-state index contributed by atoms with van der Waals surface area (Å²) in [5, 5.41) is 0. The van der Waals surface area contributed by atoms with Crippen molar-refractivity contribution in [1.82, 2.24) is 4.90 Å². The molecule has 15 heavy (non-hydrogen) atoms. The van der Waals surface area contributed by atoms with Crippen LogP contribution in [0, 0.1) is 11.8 Å². The van der Waals surface area contributed by atoms with Crippen LogP contribution in [0.3, 0.4) is 0 Å². The highest BCUT2D eigenvalue weighted by Crippen LogP contribution is 2.20. The van der Waals surface area contributed by atoms with Crippen LogP contribution in [0.15, 0.2) is 0 Å². The van der Waals surface area contributed by atoms with Crippen LogP contribution in [-0.2, 0) is 4.79 Å². The third-order valence-corrected chi connectivity index (χ3v) is 3.51. The summed E-state index contributed by atoms with van der Waals surface area (Å²) in [4.78, 5) is 13.9. The molecule has 0 aromatic carbocycles. The summed E-state index contributed by atoms with van der Waals surface area (Å²) >= 11 is 0. The number of nitrogens with zero attached hydrogens (tertiary/aromatic N) is 1. The van der Waals surface area contributed by atoms with Crippen molar-refractivity contribution < 1.29 is 4.79 Å². The van der Waals surface area contributed by atoms with E-state index in [1.54, 1.807) is 0 Å². The van der Waals surface area contributed by atoms with Crippen molar-refractivity contribution in [3.63, 3.8) is 0 Å². The number of nitrogens with two attached hydrogens (primary N) is 1. The van der Waals surface area contributed by atoms with Crippen LogP contribution in [0.1, 0.15) is 40.0 Å². The number of carbonyl (C=O) groups excluding carboxylic acids is 1. The molecule has 3 nitrogen and oxygen atoms in total. The van der Waals surface area contributed by atoms with Gasteiger partial charge in [-0.15, -0.1) is 0 Å². The molecule has 3 heteroatoms. The van der Waals surface area contributed by atoms with Crippen molar-refractivity contribution in [3.05, 3.63) is 0 Å². The van der Waals surface area contributed by atoms with Crippen molar-refractivity contribution in [2.75, 3.05) is 13.1 Å². The van der Waals surface area contributed by atoms with Crippen molar-refractivity contribution in [1.29, 1.82) is 0 Å². The van der Waals surface area contributed by atoms with Crippen LogP contribution >= 0.6 is 0 Å². The molecule has 0 aromatic rings. The van der Waals surface area contributed by atoms with Crippen LogP contribution in [0.25, 0.3) is 0 Å². The highest BCUT2D eigenvalue weighted by Gasteiger charge is 2.26. The van der Waals surface area contributed by atoms with Gasteiger partial charge in [0.2, 0.25) is 5.91 Å². The zero-order chi connectivity index (χ0) is 11.4. The standard InChI is InChI=1S/C12H24N2O/c1-4-10-5-7-14(8-6-10)12(15)11(13)9(2)3/h9-11H,4-8,13H2,1-3H3. The predicted molar refractivity (Wildman–Crippen MR) is 62.4 cm³/mol. The number of likely N-dealkylation sites (tertiary alicyclic amines) is 1. The van der Waals surface area contributed by atoms with E-state index in [9.17, 15) is 4.79 Å². The summed E-state index contributed by atoms with van der Waals surface area (Å²) in [6.07, 6.45) is 3.53. The lowest BCUT2D eigenvalue weighted by Crippen LogP contribution is -2.49. The van der Waals surface area contributed by atoms with E-state index in [1.165, 1.54) is 6.42 Å². The molecule has 1 atom stereocenters. The van der Waals surface area contributed by atoms with E-state index >= 15 is 0 Å². The Balaban J connectivity index is 2.42. The normalized spacial score (nSPS) is 20.7. The topological polar surface area (TPSA) is 46.3 Å². The minimum absolute atomic E-state index is 0.138. The number of piperidine rings is 1. The number of hydrogen-bond acceptors (Lipinski definition) is 2. The van der Waals surface area contributed by atoms with Gasteiger partial charge in [0.25, 0.3) is 0 Å². The number of hydrogen-bond donors (Lipinski definition) is 1.